The van der Waals surface area contributed by atoms with Gasteiger partial charge in [-0.3, -0.25) is 4.57 Å². The molecule has 31 heavy (non-hydrogen) atoms. The molecule has 2 aromatic rings. The van der Waals surface area contributed by atoms with Crippen molar-refractivity contribution in [2.24, 2.45) is 11.8 Å². The summed E-state index contributed by atoms with van der Waals surface area (Å²) in [5.74, 6) is 3.41. The van der Waals surface area contributed by atoms with Crippen LogP contribution in [0.4, 0.5) is 0 Å². The topological polar surface area (TPSA) is 68.7 Å². The number of pyridine rings is 1. The van der Waals surface area contributed by atoms with Crippen molar-refractivity contribution in [2.45, 2.75) is 50.4 Å². The molecule has 2 saturated carbocycles. The normalized spacial score (nSPS) is 24.2. The summed E-state index contributed by atoms with van der Waals surface area (Å²) in [6.07, 6.45) is 9.14. The summed E-state index contributed by atoms with van der Waals surface area (Å²) in [5, 5.41) is 0. The first-order valence-electron chi connectivity index (χ1n) is 11.4. The molecule has 0 bridgehead atoms. The zero-order valence-corrected chi connectivity index (χ0v) is 19.5. The summed E-state index contributed by atoms with van der Waals surface area (Å²) in [5.41, 5.74) is 2.47. The highest BCUT2D eigenvalue weighted by Gasteiger charge is 2.35. The van der Waals surface area contributed by atoms with E-state index in [1.165, 1.54) is 12.2 Å². The van der Waals surface area contributed by atoms with Crippen molar-refractivity contribution >= 4 is 7.37 Å². The van der Waals surface area contributed by atoms with E-state index in [-0.39, 0.29) is 5.92 Å². The molecule has 5 nitrogen and oxygen atoms in total. The monoisotopic (exact) mass is 443 g/mol. The summed E-state index contributed by atoms with van der Waals surface area (Å²) in [7, 11) is -1.38. The third-order valence-corrected chi connectivity index (χ3v) is 7.86. The Labute approximate surface area is 185 Å². The zero-order chi connectivity index (χ0) is 21.8. The fourth-order valence-electron chi connectivity index (χ4n) is 4.89. The number of benzene rings is 1. The molecule has 2 atom stereocenters. The molecule has 1 unspecified atom stereocenters. The summed E-state index contributed by atoms with van der Waals surface area (Å²) in [4.78, 5) is 14.1. The van der Waals surface area contributed by atoms with Gasteiger partial charge >= 0.3 is 0 Å². The quantitative estimate of drug-likeness (QED) is 0.493. The highest BCUT2D eigenvalue weighted by molar-refractivity contribution is 7.57. The summed E-state index contributed by atoms with van der Waals surface area (Å²) in [6, 6.07) is 12.4. The molecule has 0 aliphatic heterocycles. The predicted octanol–water partition coefficient (Wildman–Crippen LogP) is 5.84. The third-order valence-electron chi connectivity index (χ3n) is 6.78. The molecule has 0 saturated heterocycles. The molecule has 1 heterocycles. The van der Waals surface area contributed by atoms with Gasteiger partial charge in [0.05, 0.1) is 13.7 Å². The van der Waals surface area contributed by atoms with E-state index in [2.05, 4.69) is 29.2 Å². The van der Waals surface area contributed by atoms with Crippen LogP contribution in [0.3, 0.4) is 0 Å². The van der Waals surface area contributed by atoms with Gasteiger partial charge in [0, 0.05) is 25.1 Å². The van der Waals surface area contributed by atoms with E-state index in [1.54, 1.807) is 7.11 Å². The van der Waals surface area contributed by atoms with Gasteiger partial charge in [0.15, 0.2) is 7.37 Å². The minimum atomic E-state index is -3.04. The maximum absolute atomic E-state index is 12.0. The van der Waals surface area contributed by atoms with E-state index in [9.17, 15) is 9.46 Å². The molecule has 6 heteroatoms. The van der Waals surface area contributed by atoms with Crippen LogP contribution in [0.15, 0.2) is 42.6 Å². The number of rotatable bonds is 9. The van der Waals surface area contributed by atoms with Gasteiger partial charge in [-0.05, 0) is 91.5 Å². The maximum atomic E-state index is 12.0. The van der Waals surface area contributed by atoms with Crippen molar-refractivity contribution in [3.63, 3.8) is 0 Å². The van der Waals surface area contributed by atoms with Crippen molar-refractivity contribution in [2.75, 3.05) is 26.5 Å². The van der Waals surface area contributed by atoms with Crippen LogP contribution >= 0.6 is 7.37 Å². The summed E-state index contributed by atoms with van der Waals surface area (Å²) in [6.45, 7) is 2.21. The molecule has 0 spiro atoms. The molecule has 4 rings (SSSR count). The highest BCUT2D eigenvalue weighted by Crippen LogP contribution is 2.50. The Morgan fingerprint density at radius 2 is 1.90 bits per heavy atom. The fourth-order valence-corrected chi connectivity index (χ4v) is 6.13. The van der Waals surface area contributed by atoms with Crippen LogP contribution in [-0.2, 0) is 4.57 Å². The molecule has 2 aliphatic rings. The van der Waals surface area contributed by atoms with Crippen LogP contribution in [0.2, 0.25) is 0 Å². The van der Waals surface area contributed by atoms with Crippen molar-refractivity contribution in [3.05, 3.63) is 53.7 Å². The Hall–Kier alpha value is -1.84. The number of ether oxygens (including phenoxy) is 2. The first-order valence-corrected chi connectivity index (χ1v) is 13.7. The zero-order valence-electron chi connectivity index (χ0n) is 18.6. The van der Waals surface area contributed by atoms with Crippen molar-refractivity contribution in [3.8, 4) is 11.6 Å². The molecular weight excluding hydrogens is 409 g/mol. The minimum Gasteiger partial charge on any atom is -0.493 e. The Morgan fingerprint density at radius 1 is 1.13 bits per heavy atom. The van der Waals surface area contributed by atoms with Crippen LogP contribution in [-0.4, -0.2) is 36.4 Å². The van der Waals surface area contributed by atoms with Gasteiger partial charge in [-0.15, -0.1) is 0 Å². The van der Waals surface area contributed by atoms with E-state index < -0.39 is 7.37 Å². The molecule has 0 amide bonds. The van der Waals surface area contributed by atoms with Gasteiger partial charge in [0.25, 0.3) is 0 Å². The third kappa shape index (κ3) is 6.33. The van der Waals surface area contributed by atoms with Crippen molar-refractivity contribution in [1.29, 1.82) is 0 Å². The number of nitrogens with zero attached hydrogens (tertiary/aromatic N) is 1. The lowest BCUT2D eigenvalue weighted by Gasteiger charge is -2.29. The van der Waals surface area contributed by atoms with Crippen molar-refractivity contribution in [1.82, 2.24) is 4.98 Å². The first kappa shape index (κ1) is 22.4. The second-order valence-electron chi connectivity index (χ2n) is 9.41. The van der Waals surface area contributed by atoms with Gasteiger partial charge < -0.3 is 14.4 Å². The first-order chi connectivity index (χ1) is 14.9. The average molecular weight is 444 g/mol. The number of hydrogen-bond acceptors (Lipinski definition) is 4. The van der Waals surface area contributed by atoms with E-state index in [4.69, 9.17) is 9.47 Å². The molecule has 1 aromatic heterocycles. The van der Waals surface area contributed by atoms with E-state index >= 15 is 0 Å². The molecule has 1 aromatic carbocycles. The number of aromatic nitrogens is 1. The molecule has 1 N–H and O–H groups in total. The lowest BCUT2D eigenvalue weighted by molar-refractivity contribution is 0.199. The van der Waals surface area contributed by atoms with Gasteiger partial charge in [-0.2, -0.15) is 0 Å². The Bertz CT molecular complexity index is 915. The SMILES string of the molecule is COc1cc(C2CCC(COc3cccc([C@@H](CP(C)(=O)O)C4CC4)c3)CC2)ccn1. The maximum Gasteiger partial charge on any atom is 0.213 e. The minimum absolute atomic E-state index is 0.164. The van der Waals surface area contributed by atoms with Gasteiger partial charge in [-0.25, -0.2) is 4.98 Å². The Morgan fingerprint density at radius 3 is 2.58 bits per heavy atom. The van der Waals surface area contributed by atoms with Crippen LogP contribution in [0.5, 0.6) is 11.6 Å². The average Bonchev–Trinajstić information content (AvgIpc) is 3.61. The number of hydrogen-bond donors (Lipinski definition) is 1. The van der Waals surface area contributed by atoms with Gasteiger partial charge in [0.2, 0.25) is 5.88 Å². The molecular formula is C25H34NO4P. The second-order valence-corrected chi connectivity index (χ2v) is 11.9. The van der Waals surface area contributed by atoms with Crippen LogP contribution < -0.4 is 9.47 Å². The predicted molar refractivity (Wildman–Crippen MR) is 124 cm³/mol. The lowest BCUT2D eigenvalue weighted by atomic mass is 9.79. The lowest BCUT2D eigenvalue weighted by Crippen LogP contribution is -2.19. The van der Waals surface area contributed by atoms with E-state index in [0.29, 0.717) is 29.8 Å². The van der Waals surface area contributed by atoms with Crippen molar-refractivity contribution < 1.29 is 18.9 Å². The smallest absolute Gasteiger partial charge is 0.213 e. The Balaban J connectivity index is 1.31. The summed E-state index contributed by atoms with van der Waals surface area (Å²) < 4.78 is 23.5. The van der Waals surface area contributed by atoms with Crippen LogP contribution in [0.25, 0.3) is 0 Å². The van der Waals surface area contributed by atoms with Gasteiger partial charge in [0.1, 0.15) is 5.75 Å². The molecule has 2 aliphatic carbocycles. The van der Waals surface area contributed by atoms with Gasteiger partial charge in [-0.1, -0.05) is 12.1 Å². The molecule has 2 fully saturated rings. The Kier molecular flexibility index (Phi) is 7.03. The number of methoxy groups -OCH3 is 1. The van der Waals surface area contributed by atoms with Crippen LogP contribution in [0, 0.1) is 11.8 Å². The molecule has 0 radical (unpaired) electrons. The fraction of sp³-hybridized carbons (Fsp3) is 0.560. The molecule has 168 valence electrons. The largest absolute Gasteiger partial charge is 0.493 e. The summed E-state index contributed by atoms with van der Waals surface area (Å²) >= 11 is 0. The standard InChI is InChI=1S/C25H34NO4P/c1-29-25-15-21(12-13-26-25)19-8-6-18(7-9-19)16-30-23-5-3-4-22(14-23)24(20-10-11-20)17-31(2,27)28/h3-5,12-15,18-20,24H,6-11,16-17H2,1-2H3,(H,27,28)/t18?,19?,24-/m0/s1. The highest BCUT2D eigenvalue weighted by atomic mass is 31.2. The second kappa shape index (κ2) is 9.75. The van der Waals surface area contributed by atoms with E-state index in [0.717, 1.165) is 56.4 Å². The van der Waals surface area contributed by atoms with E-state index in [1.807, 2.05) is 18.3 Å². The van der Waals surface area contributed by atoms with Crippen LogP contribution in [0.1, 0.15) is 61.5 Å².